The second-order valence-corrected chi connectivity index (χ2v) is 12.8. The Morgan fingerprint density at radius 3 is 1.73 bits per heavy atom. The van der Waals surface area contributed by atoms with Crippen molar-refractivity contribution in [3.63, 3.8) is 0 Å². The molecule has 0 bridgehead atoms. The number of nitrogens with zero attached hydrogens (tertiary/aromatic N) is 3. The van der Waals surface area contributed by atoms with Crippen molar-refractivity contribution >= 4 is 43.5 Å². The van der Waals surface area contributed by atoms with Gasteiger partial charge < -0.3 is 4.42 Å². The zero-order valence-corrected chi connectivity index (χ0v) is 27.5. The standard InChI is InChI=1S/C47H29N3O/c1-3-12-30(13-4-1)33-22-23-35-29-36(25-24-34(35)28-33)45-48-46(39-20-11-17-31-16-7-8-18-37(31)39)50-47(49-45)41-27-26-38(32-14-5-2-6-15-32)44-43(41)40-19-9-10-21-42(40)51-44/h1-29H. The summed E-state index contributed by atoms with van der Waals surface area (Å²) < 4.78 is 6.61. The third-order valence-electron chi connectivity index (χ3n) is 9.72. The molecule has 51 heavy (non-hydrogen) atoms. The lowest BCUT2D eigenvalue weighted by Crippen LogP contribution is -2.01. The monoisotopic (exact) mass is 651 g/mol. The summed E-state index contributed by atoms with van der Waals surface area (Å²) in [5, 5.41) is 6.51. The molecule has 0 atom stereocenters. The van der Waals surface area contributed by atoms with Gasteiger partial charge in [-0.3, -0.25) is 0 Å². The van der Waals surface area contributed by atoms with Gasteiger partial charge in [0.05, 0.1) is 0 Å². The van der Waals surface area contributed by atoms with Crippen LogP contribution in [0.3, 0.4) is 0 Å². The molecule has 4 nitrogen and oxygen atoms in total. The molecule has 2 heterocycles. The average Bonchev–Trinajstić information content (AvgIpc) is 3.60. The fourth-order valence-corrected chi connectivity index (χ4v) is 7.22. The van der Waals surface area contributed by atoms with Crippen molar-refractivity contribution in [3.8, 4) is 56.4 Å². The van der Waals surface area contributed by atoms with Crippen molar-refractivity contribution < 1.29 is 4.42 Å². The lowest BCUT2D eigenvalue weighted by atomic mass is 9.98. The first-order valence-corrected chi connectivity index (χ1v) is 17.1. The molecule has 0 spiro atoms. The second kappa shape index (κ2) is 11.9. The summed E-state index contributed by atoms with van der Waals surface area (Å²) in [5.74, 6) is 1.84. The van der Waals surface area contributed by atoms with Gasteiger partial charge in [-0.05, 0) is 68.6 Å². The molecule has 238 valence electrons. The maximum Gasteiger partial charge on any atom is 0.164 e. The first-order valence-electron chi connectivity index (χ1n) is 17.1. The van der Waals surface area contributed by atoms with Crippen LogP contribution in [0.5, 0.6) is 0 Å². The maximum atomic E-state index is 6.61. The Morgan fingerprint density at radius 2 is 0.922 bits per heavy atom. The molecule has 0 radical (unpaired) electrons. The van der Waals surface area contributed by atoms with Crippen molar-refractivity contribution in [1.29, 1.82) is 0 Å². The maximum absolute atomic E-state index is 6.61. The number of hydrogen-bond donors (Lipinski definition) is 0. The highest BCUT2D eigenvalue weighted by Gasteiger charge is 2.21. The molecule has 0 aliphatic heterocycles. The van der Waals surface area contributed by atoms with Gasteiger partial charge in [-0.15, -0.1) is 0 Å². The van der Waals surface area contributed by atoms with E-state index in [0.717, 1.165) is 71.3 Å². The minimum atomic E-state index is 0.596. The van der Waals surface area contributed by atoms with Gasteiger partial charge in [0, 0.05) is 33.0 Å². The largest absolute Gasteiger partial charge is 0.455 e. The van der Waals surface area contributed by atoms with Crippen LogP contribution in [-0.2, 0) is 0 Å². The van der Waals surface area contributed by atoms with E-state index >= 15 is 0 Å². The van der Waals surface area contributed by atoms with Crippen LogP contribution in [0.2, 0.25) is 0 Å². The number of benzene rings is 8. The molecule has 0 saturated heterocycles. The molecule has 0 fully saturated rings. The third kappa shape index (κ3) is 5.04. The minimum absolute atomic E-state index is 0.596. The van der Waals surface area contributed by atoms with Crippen LogP contribution in [0.25, 0.3) is 99.9 Å². The number of furan rings is 1. The van der Waals surface area contributed by atoms with Crippen LogP contribution in [0.4, 0.5) is 0 Å². The smallest absolute Gasteiger partial charge is 0.164 e. The lowest BCUT2D eigenvalue weighted by molar-refractivity contribution is 0.670. The normalized spacial score (nSPS) is 11.5. The number of rotatable bonds is 5. The van der Waals surface area contributed by atoms with E-state index in [1.165, 1.54) is 11.1 Å². The van der Waals surface area contributed by atoms with E-state index in [9.17, 15) is 0 Å². The lowest BCUT2D eigenvalue weighted by Gasteiger charge is -2.12. The summed E-state index contributed by atoms with van der Waals surface area (Å²) in [6.45, 7) is 0. The van der Waals surface area contributed by atoms with E-state index in [-0.39, 0.29) is 0 Å². The Morgan fingerprint density at radius 1 is 0.333 bits per heavy atom. The SMILES string of the molecule is c1ccc(-c2ccc3cc(-c4nc(-c5cccc6ccccc56)nc(-c5ccc(-c6ccccc6)c6oc7ccccc7c56)n4)ccc3c2)cc1. The van der Waals surface area contributed by atoms with Crippen LogP contribution >= 0.6 is 0 Å². The molecular weight excluding hydrogens is 623 g/mol. The van der Waals surface area contributed by atoms with Gasteiger partial charge in [0.15, 0.2) is 17.5 Å². The summed E-state index contributed by atoms with van der Waals surface area (Å²) in [6, 6.07) is 61.0. The van der Waals surface area contributed by atoms with Gasteiger partial charge in [0.1, 0.15) is 11.2 Å². The van der Waals surface area contributed by atoms with E-state index < -0.39 is 0 Å². The number of hydrogen-bond acceptors (Lipinski definition) is 4. The van der Waals surface area contributed by atoms with Crippen molar-refractivity contribution in [2.75, 3.05) is 0 Å². The van der Waals surface area contributed by atoms with Crippen molar-refractivity contribution in [1.82, 2.24) is 15.0 Å². The first-order chi connectivity index (χ1) is 25.3. The Balaban J connectivity index is 1.21. The Bertz CT molecular complexity index is 2910. The molecule has 8 aromatic carbocycles. The highest BCUT2D eigenvalue weighted by atomic mass is 16.3. The summed E-state index contributed by atoms with van der Waals surface area (Å²) in [4.78, 5) is 15.6. The predicted molar refractivity (Wildman–Crippen MR) is 209 cm³/mol. The van der Waals surface area contributed by atoms with E-state index in [4.69, 9.17) is 19.4 Å². The van der Waals surface area contributed by atoms with Crippen LogP contribution < -0.4 is 0 Å². The van der Waals surface area contributed by atoms with E-state index in [1.54, 1.807) is 0 Å². The van der Waals surface area contributed by atoms with Gasteiger partial charge in [0.25, 0.3) is 0 Å². The molecule has 0 amide bonds. The number of para-hydroxylation sites is 1. The fourth-order valence-electron chi connectivity index (χ4n) is 7.22. The van der Waals surface area contributed by atoms with Crippen molar-refractivity contribution in [3.05, 3.63) is 176 Å². The topological polar surface area (TPSA) is 51.8 Å². The zero-order chi connectivity index (χ0) is 33.7. The molecule has 0 unspecified atom stereocenters. The highest BCUT2D eigenvalue weighted by molar-refractivity contribution is 6.15. The third-order valence-corrected chi connectivity index (χ3v) is 9.72. The summed E-state index contributed by atoms with van der Waals surface area (Å²) in [6.07, 6.45) is 0. The van der Waals surface area contributed by atoms with Gasteiger partial charge in [-0.2, -0.15) is 0 Å². The zero-order valence-electron chi connectivity index (χ0n) is 27.5. The van der Waals surface area contributed by atoms with Crippen LogP contribution in [-0.4, -0.2) is 15.0 Å². The predicted octanol–water partition coefficient (Wildman–Crippen LogP) is 12.4. The highest BCUT2D eigenvalue weighted by Crippen LogP contribution is 2.42. The molecule has 0 aliphatic rings. The summed E-state index contributed by atoms with van der Waals surface area (Å²) in [5.41, 5.74) is 8.92. The fraction of sp³-hybridized carbons (Fsp3) is 0. The summed E-state index contributed by atoms with van der Waals surface area (Å²) >= 11 is 0. The molecule has 10 aromatic rings. The van der Waals surface area contributed by atoms with E-state index in [1.807, 2.05) is 24.3 Å². The average molecular weight is 652 g/mol. The Kier molecular flexibility index (Phi) is 6.78. The van der Waals surface area contributed by atoms with Gasteiger partial charge >= 0.3 is 0 Å². The van der Waals surface area contributed by atoms with Crippen molar-refractivity contribution in [2.45, 2.75) is 0 Å². The molecule has 4 heteroatoms. The number of aromatic nitrogens is 3. The quantitative estimate of drug-likeness (QED) is 0.186. The second-order valence-electron chi connectivity index (χ2n) is 12.8. The van der Waals surface area contributed by atoms with Crippen LogP contribution in [0, 0.1) is 0 Å². The first kappa shape index (κ1) is 29.0. The molecular formula is C47H29N3O. The van der Waals surface area contributed by atoms with Crippen LogP contribution in [0.15, 0.2) is 180 Å². The van der Waals surface area contributed by atoms with Gasteiger partial charge in [-0.25, -0.2) is 15.0 Å². The van der Waals surface area contributed by atoms with E-state index in [2.05, 4.69) is 152 Å². The number of fused-ring (bicyclic) bond motifs is 5. The molecule has 10 rings (SSSR count). The Hall–Kier alpha value is -6.91. The van der Waals surface area contributed by atoms with Crippen molar-refractivity contribution in [2.24, 2.45) is 0 Å². The molecule has 2 aromatic heterocycles. The summed E-state index contributed by atoms with van der Waals surface area (Å²) in [7, 11) is 0. The van der Waals surface area contributed by atoms with Crippen LogP contribution in [0.1, 0.15) is 0 Å². The molecule has 0 N–H and O–H groups in total. The van der Waals surface area contributed by atoms with Gasteiger partial charge in [-0.1, -0.05) is 146 Å². The Labute approximate surface area is 294 Å². The van der Waals surface area contributed by atoms with Gasteiger partial charge in [0.2, 0.25) is 0 Å². The minimum Gasteiger partial charge on any atom is -0.455 e. The molecule has 0 aliphatic carbocycles. The van der Waals surface area contributed by atoms with E-state index in [0.29, 0.717) is 17.5 Å². The molecule has 0 saturated carbocycles.